The molecule has 24 heavy (non-hydrogen) atoms. The summed E-state index contributed by atoms with van der Waals surface area (Å²) in [5, 5.41) is 0. The van der Waals surface area contributed by atoms with E-state index in [4.69, 9.17) is 0 Å². The van der Waals surface area contributed by atoms with Crippen LogP contribution in [0.15, 0.2) is 12.7 Å². The Balaban J connectivity index is 2.16. The Hall–Kier alpha value is -0.830. The number of hydrogen-bond acceptors (Lipinski definition) is 2. The fourth-order valence-electron chi connectivity index (χ4n) is 5.26. The Morgan fingerprint density at radius 3 is 2.29 bits per heavy atom. The lowest BCUT2D eigenvalue weighted by Gasteiger charge is -2.54. The van der Waals surface area contributed by atoms with Crippen LogP contribution in [0.5, 0.6) is 0 Å². The quantitative estimate of drug-likeness (QED) is 0.704. The number of nitrogens with zero attached hydrogens (tertiary/aromatic N) is 2. The lowest BCUT2D eigenvalue weighted by atomic mass is 9.64. The van der Waals surface area contributed by atoms with Gasteiger partial charge in [-0.1, -0.05) is 41.2 Å². The Kier molecular flexibility index (Phi) is 6.52. The monoisotopic (exact) mass is 334 g/mol. The smallest absolute Gasteiger partial charge is 0.246 e. The van der Waals surface area contributed by atoms with E-state index in [1.54, 1.807) is 0 Å². The molecule has 0 bridgehead atoms. The molecule has 3 atom stereocenters. The maximum atomic E-state index is 11.9. The summed E-state index contributed by atoms with van der Waals surface area (Å²) >= 11 is 0. The third kappa shape index (κ3) is 4.41. The zero-order chi connectivity index (χ0) is 17.9. The van der Waals surface area contributed by atoms with Crippen molar-refractivity contribution in [3.8, 4) is 0 Å². The van der Waals surface area contributed by atoms with Crippen LogP contribution in [0.1, 0.15) is 60.3 Å². The van der Waals surface area contributed by atoms with Gasteiger partial charge in [-0.05, 0) is 55.4 Å². The summed E-state index contributed by atoms with van der Waals surface area (Å²) in [6, 6.07) is 0. The average Bonchev–Trinajstić information content (AvgIpc) is 2.53. The van der Waals surface area contributed by atoms with Gasteiger partial charge < -0.3 is 4.90 Å². The second-order valence-electron chi connectivity index (χ2n) is 9.09. The molecular weight excluding hydrogens is 296 g/mol. The summed E-state index contributed by atoms with van der Waals surface area (Å²) in [6.45, 7) is 19.3. The molecule has 3 heteroatoms. The van der Waals surface area contributed by atoms with Crippen molar-refractivity contribution in [1.82, 2.24) is 9.80 Å². The van der Waals surface area contributed by atoms with Crippen molar-refractivity contribution in [1.29, 1.82) is 0 Å². The molecule has 1 amide bonds. The molecule has 1 aliphatic heterocycles. The van der Waals surface area contributed by atoms with E-state index in [1.807, 2.05) is 4.90 Å². The SMILES string of the molecule is C=CC(=O)N1CCN(C2(CC(C)C)CC(C)CC(C(C)C)C2)CC1. The normalized spacial score (nSPS) is 32.4. The minimum atomic E-state index is 0.0876. The first-order valence-corrected chi connectivity index (χ1v) is 9.94. The van der Waals surface area contributed by atoms with Gasteiger partial charge in [-0.3, -0.25) is 9.69 Å². The Bertz CT molecular complexity index is 433. The molecule has 138 valence electrons. The molecule has 1 heterocycles. The van der Waals surface area contributed by atoms with Gasteiger partial charge >= 0.3 is 0 Å². The molecular formula is C21H38N2O. The van der Waals surface area contributed by atoms with Crippen LogP contribution in [0.3, 0.4) is 0 Å². The summed E-state index contributed by atoms with van der Waals surface area (Å²) < 4.78 is 0. The predicted octanol–water partition coefficient (Wildman–Crippen LogP) is 4.19. The van der Waals surface area contributed by atoms with Crippen LogP contribution in [-0.4, -0.2) is 47.4 Å². The number of carbonyl (C=O) groups is 1. The van der Waals surface area contributed by atoms with E-state index in [0.29, 0.717) is 5.54 Å². The maximum absolute atomic E-state index is 11.9. The van der Waals surface area contributed by atoms with Gasteiger partial charge in [0.25, 0.3) is 0 Å². The third-order valence-corrected chi connectivity index (χ3v) is 6.24. The highest BCUT2D eigenvalue weighted by molar-refractivity contribution is 5.87. The molecule has 1 saturated carbocycles. The highest BCUT2D eigenvalue weighted by atomic mass is 16.2. The van der Waals surface area contributed by atoms with Gasteiger partial charge in [0.2, 0.25) is 5.91 Å². The van der Waals surface area contributed by atoms with Crippen LogP contribution >= 0.6 is 0 Å². The first kappa shape index (κ1) is 19.5. The second-order valence-corrected chi connectivity index (χ2v) is 9.09. The molecule has 2 fully saturated rings. The van der Waals surface area contributed by atoms with Gasteiger partial charge in [-0.2, -0.15) is 0 Å². The van der Waals surface area contributed by atoms with Gasteiger partial charge in [-0.15, -0.1) is 0 Å². The molecule has 2 rings (SSSR count). The molecule has 0 N–H and O–H groups in total. The minimum Gasteiger partial charge on any atom is -0.337 e. The van der Waals surface area contributed by atoms with E-state index in [-0.39, 0.29) is 5.91 Å². The van der Waals surface area contributed by atoms with Crippen LogP contribution in [0.4, 0.5) is 0 Å². The van der Waals surface area contributed by atoms with Crippen molar-refractivity contribution in [2.75, 3.05) is 26.2 Å². The molecule has 3 nitrogen and oxygen atoms in total. The van der Waals surface area contributed by atoms with E-state index < -0.39 is 0 Å². The van der Waals surface area contributed by atoms with E-state index in [0.717, 1.165) is 49.9 Å². The Labute approximate surface area is 149 Å². The van der Waals surface area contributed by atoms with E-state index >= 15 is 0 Å². The van der Waals surface area contributed by atoms with Gasteiger partial charge in [0, 0.05) is 31.7 Å². The highest BCUT2D eigenvalue weighted by Crippen LogP contribution is 2.46. The van der Waals surface area contributed by atoms with Crippen LogP contribution in [0.25, 0.3) is 0 Å². The van der Waals surface area contributed by atoms with E-state index in [1.165, 1.54) is 31.8 Å². The van der Waals surface area contributed by atoms with Gasteiger partial charge in [0.05, 0.1) is 0 Å². The number of hydrogen-bond donors (Lipinski definition) is 0. The first-order chi connectivity index (χ1) is 11.3. The molecule has 0 aromatic rings. The molecule has 2 aliphatic rings. The minimum absolute atomic E-state index is 0.0876. The highest BCUT2D eigenvalue weighted by Gasteiger charge is 2.45. The van der Waals surface area contributed by atoms with Gasteiger partial charge in [0.1, 0.15) is 0 Å². The second kappa shape index (κ2) is 8.03. The number of piperazine rings is 1. The van der Waals surface area contributed by atoms with Crippen molar-refractivity contribution in [2.45, 2.75) is 65.8 Å². The van der Waals surface area contributed by atoms with Crippen LogP contribution in [0, 0.1) is 23.7 Å². The van der Waals surface area contributed by atoms with Gasteiger partial charge in [0.15, 0.2) is 0 Å². The van der Waals surface area contributed by atoms with Crippen molar-refractivity contribution in [2.24, 2.45) is 23.7 Å². The zero-order valence-corrected chi connectivity index (χ0v) is 16.6. The molecule has 0 aromatic heterocycles. The molecule has 1 saturated heterocycles. The van der Waals surface area contributed by atoms with Crippen molar-refractivity contribution in [3.05, 3.63) is 12.7 Å². The summed E-state index contributed by atoms with van der Waals surface area (Å²) in [5.74, 6) is 3.21. The zero-order valence-electron chi connectivity index (χ0n) is 16.6. The summed E-state index contributed by atoms with van der Waals surface area (Å²) in [5.41, 5.74) is 0.337. The fourth-order valence-corrected chi connectivity index (χ4v) is 5.26. The number of carbonyl (C=O) groups excluding carboxylic acids is 1. The molecule has 0 aromatic carbocycles. The van der Waals surface area contributed by atoms with Crippen LogP contribution in [0.2, 0.25) is 0 Å². The first-order valence-electron chi connectivity index (χ1n) is 9.94. The average molecular weight is 335 g/mol. The Morgan fingerprint density at radius 1 is 1.17 bits per heavy atom. The topological polar surface area (TPSA) is 23.6 Å². The molecule has 3 unspecified atom stereocenters. The van der Waals surface area contributed by atoms with Crippen molar-refractivity contribution >= 4 is 5.91 Å². The summed E-state index contributed by atoms with van der Waals surface area (Å²) in [4.78, 5) is 16.6. The van der Waals surface area contributed by atoms with E-state index in [2.05, 4.69) is 46.1 Å². The van der Waals surface area contributed by atoms with Crippen molar-refractivity contribution < 1.29 is 4.79 Å². The lowest BCUT2D eigenvalue weighted by molar-refractivity contribution is -0.130. The fraction of sp³-hybridized carbons (Fsp3) is 0.857. The van der Waals surface area contributed by atoms with Gasteiger partial charge in [-0.25, -0.2) is 0 Å². The molecule has 0 radical (unpaired) electrons. The maximum Gasteiger partial charge on any atom is 0.246 e. The van der Waals surface area contributed by atoms with Crippen molar-refractivity contribution in [3.63, 3.8) is 0 Å². The number of rotatable bonds is 5. The summed E-state index contributed by atoms with van der Waals surface area (Å²) in [7, 11) is 0. The standard InChI is InChI=1S/C21H38N2O/c1-7-20(24)22-8-10-23(11-9-22)21(13-16(2)3)14-18(6)12-19(15-21)17(4)5/h7,16-19H,1,8-15H2,2-6H3. The third-order valence-electron chi connectivity index (χ3n) is 6.24. The molecule has 0 spiro atoms. The van der Waals surface area contributed by atoms with Crippen LogP contribution < -0.4 is 0 Å². The number of amides is 1. The lowest BCUT2D eigenvalue weighted by Crippen LogP contribution is -2.60. The van der Waals surface area contributed by atoms with Crippen LogP contribution in [-0.2, 0) is 4.79 Å². The molecule has 1 aliphatic carbocycles. The predicted molar refractivity (Wildman–Crippen MR) is 102 cm³/mol. The largest absolute Gasteiger partial charge is 0.337 e. The summed E-state index contributed by atoms with van der Waals surface area (Å²) in [6.07, 6.45) is 6.78. The van der Waals surface area contributed by atoms with E-state index in [9.17, 15) is 4.79 Å². The Morgan fingerprint density at radius 2 is 1.79 bits per heavy atom.